The summed E-state index contributed by atoms with van der Waals surface area (Å²) in [5.74, 6) is -2.00. The van der Waals surface area contributed by atoms with E-state index < -0.39 is 11.9 Å². The molecule has 0 aromatic heterocycles. The number of hydrogen-bond donors (Lipinski definition) is 1. The van der Waals surface area contributed by atoms with Crippen molar-refractivity contribution < 1.29 is 24.2 Å². The van der Waals surface area contributed by atoms with Crippen molar-refractivity contribution in [2.24, 2.45) is 11.8 Å². The number of carboxylic acid groups (broad SMARTS) is 1. The molecule has 0 bridgehead atoms. The van der Waals surface area contributed by atoms with E-state index in [1.807, 2.05) is 0 Å². The zero-order valence-electron chi connectivity index (χ0n) is 11.7. The standard InChI is InChI=1S/C13H20N2O5/c1-14(2)11(16)7-20-8-5-15(6-8)12(17)9-3-4-10(9)13(18)19/h8-10H,3-7H2,1-2H3,(H,18,19). The minimum atomic E-state index is -0.889. The molecule has 0 aromatic carbocycles. The summed E-state index contributed by atoms with van der Waals surface area (Å²) >= 11 is 0. The van der Waals surface area contributed by atoms with Crippen molar-refractivity contribution in [1.29, 1.82) is 0 Å². The summed E-state index contributed by atoms with van der Waals surface area (Å²) in [6, 6.07) is 0. The Morgan fingerprint density at radius 1 is 1.20 bits per heavy atom. The Kier molecular flexibility index (Phi) is 4.27. The lowest BCUT2D eigenvalue weighted by Crippen LogP contribution is -2.59. The van der Waals surface area contributed by atoms with E-state index in [-0.39, 0.29) is 30.4 Å². The molecular weight excluding hydrogens is 264 g/mol. The molecule has 1 aliphatic carbocycles. The predicted molar refractivity (Wildman–Crippen MR) is 68.9 cm³/mol. The van der Waals surface area contributed by atoms with Gasteiger partial charge in [0.05, 0.1) is 17.9 Å². The Balaban J connectivity index is 1.70. The molecule has 0 spiro atoms. The second-order valence-electron chi connectivity index (χ2n) is 5.59. The lowest BCUT2D eigenvalue weighted by Gasteiger charge is -2.43. The monoisotopic (exact) mass is 284 g/mol. The molecule has 0 radical (unpaired) electrons. The van der Waals surface area contributed by atoms with E-state index in [4.69, 9.17) is 9.84 Å². The molecule has 7 nitrogen and oxygen atoms in total. The number of nitrogens with zero attached hydrogens (tertiary/aromatic N) is 2. The number of carboxylic acids is 1. The molecule has 2 rings (SSSR count). The van der Waals surface area contributed by atoms with Crippen molar-refractivity contribution in [3.05, 3.63) is 0 Å². The molecule has 1 saturated carbocycles. The first kappa shape index (κ1) is 14.8. The average Bonchev–Trinajstić information content (AvgIpc) is 2.23. The molecule has 2 amide bonds. The van der Waals surface area contributed by atoms with Crippen molar-refractivity contribution >= 4 is 17.8 Å². The Morgan fingerprint density at radius 3 is 2.25 bits per heavy atom. The lowest BCUT2D eigenvalue weighted by molar-refractivity contribution is -0.165. The summed E-state index contributed by atoms with van der Waals surface area (Å²) in [4.78, 5) is 37.3. The van der Waals surface area contributed by atoms with Crippen LogP contribution in [0.2, 0.25) is 0 Å². The molecule has 2 fully saturated rings. The van der Waals surface area contributed by atoms with E-state index in [0.717, 1.165) is 0 Å². The fourth-order valence-corrected chi connectivity index (χ4v) is 2.37. The first-order valence-electron chi connectivity index (χ1n) is 6.73. The highest BCUT2D eigenvalue weighted by atomic mass is 16.5. The number of amides is 2. The third-order valence-electron chi connectivity index (χ3n) is 4.01. The van der Waals surface area contributed by atoms with Crippen molar-refractivity contribution in [3.63, 3.8) is 0 Å². The Labute approximate surface area is 117 Å². The smallest absolute Gasteiger partial charge is 0.307 e. The first-order valence-corrected chi connectivity index (χ1v) is 6.73. The fraction of sp³-hybridized carbons (Fsp3) is 0.769. The molecule has 2 aliphatic rings. The maximum Gasteiger partial charge on any atom is 0.307 e. The number of likely N-dealkylation sites (tertiary alicyclic amines) is 1. The average molecular weight is 284 g/mol. The van der Waals surface area contributed by atoms with Crippen LogP contribution in [0.3, 0.4) is 0 Å². The van der Waals surface area contributed by atoms with E-state index in [2.05, 4.69) is 0 Å². The van der Waals surface area contributed by atoms with Gasteiger partial charge in [0.2, 0.25) is 11.8 Å². The quantitative estimate of drug-likeness (QED) is 0.729. The number of hydrogen-bond acceptors (Lipinski definition) is 4. The maximum atomic E-state index is 12.0. The van der Waals surface area contributed by atoms with Crippen LogP contribution in [0.5, 0.6) is 0 Å². The molecule has 1 heterocycles. The normalized spacial score (nSPS) is 25.6. The predicted octanol–water partition coefficient (Wildman–Crippen LogP) is -0.587. The number of ether oxygens (including phenoxy) is 1. The highest BCUT2D eigenvalue weighted by Crippen LogP contribution is 2.36. The van der Waals surface area contributed by atoms with Crippen LogP contribution in [0, 0.1) is 11.8 Å². The van der Waals surface area contributed by atoms with Gasteiger partial charge in [-0.2, -0.15) is 0 Å². The van der Waals surface area contributed by atoms with Crippen molar-refractivity contribution in [2.75, 3.05) is 33.8 Å². The van der Waals surface area contributed by atoms with Gasteiger partial charge in [-0.15, -0.1) is 0 Å². The van der Waals surface area contributed by atoms with Gasteiger partial charge in [-0.3, -0.25) is 14.4 Å². The van der Waals surface area contributed by atoms with Crippen molar-refractivity contribution in [3.8, 4) is 0 Å². The van der Waals surface area contributed by atoms with Gasteiger partial charge >= 0.3 is 5.97 Å². The molecule has 2 atom stereocenters. The van der Waals surface area contributed by atoms with Gasteiger partial charge in [-0.1, -0.05) is 0 Å². The molecule has 1 N–H and O–H groups in total. The summed E-state index contributed by atoms with van der Waals surface area (Å²) in [6.07, 6.45) is 1.11. The van der Waals surface area contributed by atoms with Gasteiger partial charge in [0.15, 0.2) is 0 Å². The van der Waals surface area contributed by atoms with Crippen LogP contribution in [-0.2, 0) is 19.1 Å². The topological polar surface area (TPSA) is 87.2 Å². The number of rotatable bonds is 5. The van der Waals surface area contributed by atoms with Gasteiger partial charge in [-0.25, -0.2) is 0 Å². The largest absolute Gasteiger partial charge is 0.481 e. The summed E-state index contributed by atoms with van der Waals surface area (Å²) in [5, 5.41) is 8.94. The molecule has 20 heavy (non-hydrogen) atoms. The van der Waals surface area contributed by atoms with Gasteiger partial charge < -0.3 is 19.6 Å². The van der Waals surface area contributed by atoms with Gasteiger partial charge in [0, 0.05) is 27.2 Å². The Bertz CT molecular complexity index is 417. The number of aliphatic carboxylic acids is 1. The van der Waals surface area contributed by atoms with Gasteiger partial charge in [-0.05, 0) is 12.8 Å². The molecule has 2 unspecified atom stereocenters. The number of carbonyl (C=O) groups is 3. The molecule has 0 aromatic rings. The third-order valence-corrected chi connectivity index (χ3v) is 4.01. The van der Waals surface area contributed by atoms with Crippen LogP contribution < -0.4 is 0 Å². The van der Waals surface area contributed by atoms with Crippen LogP contribution >= 0.6 is 0 Å². The number of carbonyl (C=O) groups excluding carboxylic acids is 2. The van der Waals surface area contributed by atoms with E-state index in [1.54, 1.807) is 19.0 Å². The maximum absolute atomic E-state index is 12.0. The van der Waals surface area contributed by atoms with E-state index >= 15 is 0 Å². The first-order chi connectivity index (χ1) is 9.40. The molecule has 1 saturated heterocycles. The third kappa shape index (κ3) is 2.92. The number of likely N-dealkylation sites (N-methyl/N-ethyl adjacent to an activating group) is 1. The summed E-state index contributed by atoms with van der Waals surface area (Å²) < 4.78 is 5.39. The molecule has 112 valence electrons. The molecule has 1 aliphatic heterocycles. The second kappa shape index (κ2) is 5.78. The second-order valence-corrected chi connectivity index (χ2v) is 5.59. The summed E-state index contributed by atoms with van der Waals surface area (Å²) in [7, 11) is 3.32. The van der Waals surface area contributed by atoms with Crippen LogP contribution in [0.4, 0.5) is 0 Å². The van der Waals surface area contributed by atoms with Gasteiger partial charge in [0.25, 0.3) is 0 Å². The highest BCUT2D eigenvalue weighted by molar-refractivity contribution is 5.87. The summed E-state index contributed by atoms with van der Waals surface area (Å²) in [5.41, 5.74) is 0. The van der Waals surface area contributed by atoms with Crippen LogP contribution in [-0.4, -0.2) is 72.6 Å². The van der Waals surface area contributed by atoms with E-state index in [9.17, 15) is 14.4 Å². The van der Waals surface area contributed by atoms with E-state index in [0.29, 0.717) is 25.9 Å². The van der Waals surface area contributed by atoms with Gasteiger partial charge in [0.1, 0.15) is 6.61 Å². The van der Waals surface area contributed by atoms with Crippen molar-refractivity contribution in [2.45, 2.75) is 18.9 Å². The summed E-state index contributed by atoms with van der Waals surface area (Å²) in [6.45, 7) is 0.908. The Morgan fingerprint density at radius 2 is 1.80 bits per heavy atom. The van der Waals surface area contributed by atoms with Crippen molar-refractivity contribution in [1.82, 2.24) is 9.80 Å². The van der Waals surface area contributed by atoms with Crippen LogP contribution in [0.1, 0.15) is 12.8 Å². The highest BCUT2D eigenvalue weighted by Gasteiger charge is 2.45. The molecule has 7 heteroatoms. The van der Waals surface area contributed by atoms with Crippen LogP contribution in [0.25, 0.3) is 0 Å². The fourth-order valence-electron chi connectivity index (χ4n) is 2.37. The van der Waals surface area contributed by atoms with Crippen LogP contribution in [0.15, 0.2) is 0 Å². The van der Waals surface area contributed by atoms with E-state index in [1.165, 1.54) is 4.90 Å². The lowest BCUT2D eigenvalue weighted by atomic mass is 9.72. The Hall–Kier alpha value is -1.63. The SMILES string of the molecule is CN(C)C(=O)COC1CN(C(=O)C2CCC2C(=O)O)C1. The zero-order valence-corrected chi connectivity index (χ0v) is 11.7. The minimum Gasteiger partial charge on any atom is -0.481 e. The minimum absolute atomic E-state index is 0.0148. The zero-order chi connectivity index (χ0) is 14.9. The molecular formula is C13H20N2O5.